The van der Waals surface area contributed by atoms with Crippen LogP contribution in [0.2, 0.25) is 0 Å². The number of fused-ring (bicyclic) bond motifs is 1. The van der Waals surface area contributed by atoms with Crippen LogP contribution in [0.3, 0.4) is 0 Å². The van der Waals surface area contributed by atoms with Gasteiger partial charge in [0.05, 0.1) is 36.7 Å². The molecule has 4 rings (SSSR count). The fourth-order valence-corrected chi connectivity index (χ4v) is 4.24. The minimum Gasteiger partial charge on any atom is -0.493 e. The molecule has 2 aromatic heterocycles. The van der Waals surface area contributed by atoms with Crippen LogP contribution in [0.4, 0.5) is 0 Å². The van der Waals surface area contributed by atoms with Gasteiger partial charge in [0.2, 0.25) is 5.91 Å². The molecule has 1 N–H and O–H groups in total. The molecule has 4 aromatic rings. The predicted octanol–water partition coefficient (Wildman–Crippen LogP) is 3.62. The van der Waals surface area contributed by atoms with E-state index in [1.54, 1.807) is 25.0 Å². The van der Waals surface area contributed by atoms with Crippen molar-refractivity contribution in [3.63, 3.8) is 0 Å². The van der Waals surface area contributed by atoms with E-state index in [-0.39, 0.29) is 17.9 Å². The lowest BCUT2D eigenvalue weighted by atomic mass is 10.2. The number of ether oxygens (including phenoxy) is 2. The van der Waals surface area contributed by atoms with E-state index in [1.807, 2.05) is 57.2 Å². The number of carbonyl (C=O) groups is 1. The first-order valence-electron chi connectivity index (χ1n) is 11.8. The van der Waals surface area contributed by atoms with Crippen LogP contribution in [0.15, 0.2) is 47.3 Å². The Morgan fingerprint density at radius 3 is 2.39 bits per heavy atom. The highest BCUT2D eigenvalue weighted by molar-refractivity contribution is 5.83. The average Bonchev–Trinajstić information content (AvgIpc) is 3.23. The second-order valence-corrected chi connectivity index (χ2v) is 8.74. The summed E-state index contributed by atoms with van der Waals surface area (Å²) in [7, 11) is 3.15. The van der Waals surface area contributed by atoms with E-state index >= 15 is 0 Å². The smallest absolute Gasteiger partial charge is 0.295 e. The van der Waals surface area contributed by atoms with Crippen molar-refractivity contribution in [1.82, 2.24) is 24.9 Å². The quantitative estimate of drug-likeness (QED) is 0.385. The van der Waals surface area contributed by atoms with Crippen molar-refractivity contribution in [2.75, 3.05) is 14.2 Å². The highest BCUT2D eigenvalue weighted by Gasteiger charge is 2.17. The van der Waals surface area contributed by atoms with Crippen LogP contribution in [-0.2, 0) is 17.9 Å². The van der Waals surface area contributed by atoms with E-state index in [9.17, 15) is 9.59 Å². The molecule has 0 atom stereocenters. The zero-order valence-corrected chi connectivity index (χ0v) is 21.3. The Balaban J connectivity index is 1.42. The van der Waals surface area contributed by atoms with E-state index in [0.717, 1.165) is 33.6 Å². The van der Waals surface area contributed by atoms with E-state index in [0.29, 0.717) is 36.5 Å². The predicted molar refractivity (Wildman–Crippen MR) is 138 cm³/mol. The maximum atomic E-state index is 13.1. The van der Waals surface area contributed by atoms with E-state index in [1.165, 1.54) is 4.68 Å². The number of nitrogens with zero attached hydrogens (tertiary/aromatic N) is 4. The SMILES string of the molecule is COc1ccc(CNC(=O)CCCn2nc(C)c3c(C)n(-c4ccc(C)cc4)nc3c2=O)cc1OC. The second-order valence-electron chi connectivity index (χ2n) is 8.74. The Bertz CT molecular complexity index is 1450. The lowest BCUT2D eigenvalue weighted by Gasteiger charge is -2.10. The number of nitrogens with one attached hydrogen (secondary N) is 1. The van der Waals surface area contributed by atoms with Crippen LogP contribution in [0.5, 0.6) is 11.5 Å². The Morgan fingerprint density at radius 1 is 0.972 bits per heavy atom. The van der Waals surface area contributed by atoms with E-state index < -0.39 is 0 Å². The van der Waals surface area contributed by atoms with Crippen molar-refractivity contribution in [3.8, 4) is 17.2 Å². The number of amides is 1. The van der Waals surface area contributed by atoms with E-state index in [2.05, 4.69) is 15.5 Å². The molecule has 0 aliphatic heterocycles. The molecule has 1 amide bonds. The van der Waals surface area contributed by atoms with Crippen molar-refractivity contribution in [3.05, 3.63) is 75.3 Å². The molecule has 188 valence electrons. The largest absolute Gasteiger partial charge is 0.493 e. The van der Waals surface area contributed by atoms with Gasteiger partial charge >= 0.3 is 0 Å². The summed E-state index contributed by atoms with van der Waals surface area (Å²) in [5.74, 6) is 1.15. The van der Waals surface area contributed by atoms with Gasteiger partial charge in [0.15, 0.2) is 17.0 Å². The van der Waals surface area contributed by atoms with Crippen LogP contribution < -0.4 is 20.3 Å². The van der Waals surface area contributed by atoms with Gasteiger partial charge in [-0.25, -0.2) is 9.36 Å². The zero-order valence-electron chi connectivity index (χ0n) is 21.3. The minimum atomic E-state index is -0.254. The van der Waals surface area contributed by atoms with Gasteiger partial charge < -0.3 is 14.8 Å². The Labute approximate surface area is 209 Å². The van der Waals surface area contributed by atoms with Crippen LogP contribution in [-0.4, -0.2) is 39.7 Å². The van der Waals surface area contributed by atoms with Crippen molar-refractivity contribution >= 4 is 16.8 Å². The summed E-state index contributed by atoms with van der Waals surface area (Å²) in [6.45, 7) is 6.55. The molecule has 0 aliphatic rings. The molecule has 9 nitrogen and oxygen atoms in total. The molecule has 0 saturated heterocycles. The third-order valence-electron chi connectivity index (χ3n) is 6.18. The number of hydrogen-bond acceptors (Lipinski definition) is 6. The summed E-state index contributed by atoms with van der Waals surface area (Å²) in [6.07, 6.45) is 0.753. The lowest BCUT2D eigenvalue weighted by Crippen LogP contribution is -2.26. The summed E-state index contributed by atoms with van der Waals surface area (Å²) in [4.78, 5) is 25.5. The number of aryl methyl sites for hydroxylation is 4. The van der Waals surface area contributed by atoms with Crippen molar-refractivity contribution in [2.24, 2.45) is 0 Å². The summed E-state index contributed by atoms with van der Waals surface area (Å²) >= 11 is 0. The third-order valence-corrected chi connectivity index (χ3v) is 6.18. The van der Waals surface area contributed by atoms with E-state index in [4.69, 9.17) is 9.47 Å². The van der Waals surface area contributed by atoms with Gasteiger partial charge in [-0.15, -0.1) is 0 Å². The number of benzene rings is 2. The van der Waals surface area contributed by atoms with Gasteiger partial charge in [-0.05, 0) is 57.0 Å². The highest BCUT2D eigenvalue weighted by atomic mass is 16.5. The van der Waals surface area contributed by atoms with Gasteiger partial charge in [-0.1, -0.05) is 23.8 Å². The maximum absolute atomic E-state index is 13.1. The second kappa shape index (κ2) is 10.6. The molecule has 0 saturated carbocycles. The van der Waals surface area contributed by atoms with Crippen molar-refractivity contribution in [1.29, 1.82) is 0 Å². The Morgan fingerprint density at radius 2 is 1.69 bits per heavy atom. The van der Waals surface area contributed by atoms with Gasteiger partial charge in [-0.2, -0.15) is 10.2 Å². The molecule has 2 aromatic carbocycles. The standard InChI is InChI=1S/C27H31N5O4/c1-17-8-11-21(12-9-17)32-19(3)25-18(2)29-31(27(34)26(25)30-32)14-6-7-24(33)28-16-20-10-13-22(35-4)23(15-20)36-5/h8-13,15H,6-7,14,16H2,1-5H3,(H,28,33). The molecule has 0 spiro atoms. The maximum Gasteiger partial charge on any atom is 0.295 e. The fraction of sp³-hybridized carbons (Fsp3) is 0.333. The van der Waals surface area contributed by atoms with Gasteiger partial charge in [0.25, 0.3) is 5.56 Å². The van der Waals surface area contributed by atoms with Gasteiger partial charge in [0.1, 0.15) is 0 Å². The topological polar surface area (TPSA) is 100 Å². The molecule has 0 aliphatic carbocycles. The summed E-state index contributed by atoms with van der Waals surface area (Å²) < 4.78 is 13.7. The number of carbonyl (C=O) groups excluding carboxylic acids is 1. The number of rotatable bonds is 9. The highest BCUT2D eigenvalue weighted by Crippen LogP contribution is 2.27. The van der Waals surface area contributed by atoms with Gasteiger partial charge in [0, 0.05) is 19.5 Å². The molecule has 36 heavy (non-hydrogen) atoms. The van der Waals surface area contributed by atoms with Crippen LogP contribution in [0, 0.1) is 20.8 Å². The van der Waals surface area contributed by atoms with Crippen molar-refractivity contribution < 1.29 is 14.3 Å². The molecular weight excluding hydrogens is 458 g/mol. The molecule has 0 bridgehead atoms. The Kier molecular flexibility index (Phi) is 7.38. The first kappa shape index (κ1) is 25.0. The van der Waals surface area contributed by atoms with Crippen LogP contribution in [0.25, 0.3) is 16.6 Å². The number of aromatic nitrogens is 4. The first-order chi connectivity index (χ1) is 17.3. The molecule has 0 fully saturated rings. The summed E-state index contributed by atoms with van der Waals surface area (Å²) in [6, 6.07) is 13.5. The van der Waals surface area contributed by atoms with Crippen LogP contribution >= 0.6 is 0 Å². The lowest BCUT2D eigenvalue weighted by molar-refractivity contribution is -0.121. The minimum absolute atomic E-state index is 0.102. The fourth-order valence-electron chi connectivity index (χ4n) is 4.24. The number of methoxy groups -OCH3 is 2. The number of hydrogen-bond donors (Lipinski definition) is 1. The summed E-state index contributed by atoms with van der Waals surface area (Å²) in [5, 5.41) is 12.8. The monoisotopic (exact) mass is 489 g/mol. The third kappa shape index (κ3) is 5.10. The Hall–Kier alpha value is -4.14. The van der Waals surface area contributed by atoms with Gasteiger partial charge in [-0.3, -0.25) is 9.59 Å². The summed E-state index contributed by atoms with van der Waals surface area (Å²) in [5.41, 5.74) is 4.69. The molecule has 2 heterocycles. The molecule has 9 heteroatoms. The van der Waals surface area contributed by atoms with Crippen LogP contribution in [0.1, 0.15) is 35.4 Å². The normalized spacial score (nSPS) is 11.0. The average molecular weight is 490 g/mol. The van der Waals surface area contributed by atoms with Crippen molar-refractivity contribution in [2.45, 2.75) is 46.7 Å². The first-order valence-corrected chi connectivity index (χ1v) is 11.8. The molecule has 0 unspecified atom stereocenters. The zero-order chi connectivity index (χ0) is 25.8. The molecule has 0 radical (unpaired) electrons. The molecular formula is C27H31N5O4.